The molecular formula is C14H28N2O3S. The van der Waals surface area contributed by atoms with Crippen LogP contribution in [0.1, 0.15) is 52.4 Å². The molecule has 2 fully saturated rings. The molecule has 0 aromatic carbocycles. The third-order valence-corrected chi connectivity index (χ3v) is 5.23. The average Bonchev–Trinajstić information content (AvgIpc) is 2.72. The van der Waals surface area contributed by atoms with Gasteiger partial charge in [0, 0.05) is 24.7 Å². The van der Waals surface area contributed by atoms with Gasteiger partial charge in [-0.25, -0.2) is 13.1 Å². The van der Waals surface area contributed by atoms with Gasteiger partial charge in [0.25, 0.3) is 0 Å². The highest BCUT2D eigenvalue weighted by molar-refractivity contribution is 7.88. The zero-order valence-electron chi connectivity index (χ0n) is 12.9. The maximum Gasteiger partial charge on any atom is 0.209 e. The van der Waals surface area contributed by atoms with Crippen molar-refractivity contribution in [3.8, 4) is 0 Å². The van der Waals surface area contributed by atoms with Gasteiger partial charge >= 0.3 is 0 Å². The quantitative estimate of drug-likeness (QED) is 0.805. The van der Waals surface area contributed by atoms with Crippen molar-refractivity contribution in [2.45, 2.75) is 69.6 Å². The van der Waals surface area contributed by atoms with Crippen LogP contribution in [0.5, 0.6) is 0 Å². The van der Waals surface area contributed by atoms with E-state index in [9.17, 15) is 8.42 Å². The minimum atomic E-state index is -3.17. The van der Waals surface area contributed by atoms with Crippen LogP contribution >= 0.6 is 0 Å². The molecule has 0 bridgehead atoms. The molecule has 118 valence electrons. The first kappa shape index (κ1) is 16.2. The monoisotopic (exact) mass is 304 g/mol. The second kappa shape index (κ2) is 5.91. The van der Waals surface area contributed by atoms with E-state index in [0.717, 1.165) is 19.4 Å². The fourth-order valence-electron chi connectivity index (χ4n) is 3.51. The smallest absolute Gasteiger partial charge is 0.209 e. The first-order valence-corrected chi connectivity index (χ1v) is 9.45. The van der Waals surface area contributed by atoms with Gasteiger partial charge in [-0.1, -0.05) is 12.8 Å². The maximum absolute atomic E-state index is 11.3. The van der Waals surface area contributed by atoms with Crippen molar-refractivity contribution in [3.63, 3.8) is 0 Å². The Morgan fingerprint density at radius 3 is 2.55 bits per heavy atom. The molecule has 2 rings (SSSR count). The molecule has 1 saturated heterocycles. The fraction of sp³-hybridized carbons (Fsp3) is 1.00. The van der Waals surface area contributed by atoms with Crippen molar-refractivity contribution in [1.82, 2.24) is 10.0 Å². The van der Waals surface area contributed by atoms with Gasteiger partial charge in [0.2, 0.25) is 10.0 Å². The number of sulfonamides is 1. The zero-order chi connectivity index (χ0) is 14.9. The molecule has 1 heterocycles. The number of rotatable bonds is 5. The highest BCUT2D eigenvalue weighted by Crippen LogP contribution is 2.39. The summed E-state index contributed by atoms with van der Waals surface area (Å²) >= 11 is 0. The summed E-state index contributed by atoms with van der Waals surface area (Å²) in [5, 5.41) is 3.53. The van der Waals surface area contributed by atoms with Gasteiger partial charge in [-0.2, -0.15) is 0 Å². The van der Waals surface area contributed by atoms with E-state index in [1.807, 2.05) is 13.8 Å². The van der Waals surface area contributed by atoms with E-state index < -0.39 is 15.6 Å². The van der Waals surface area contributed by atoms with Crippen LogP contribution in [0.15, 0.2) is 0 Å². The zero-order valence-corrected chi connectivity index (χ0v) is 13.7. The Labute approximate surface area is 122 Å². The summed E-state index contributed by atoms with van der Waals surface area (Å²) in [5.41, 5.74) is -0.362. The van der Waals surface area contributed by atoms with Gasteiger partial charge in [0.1, 0.15) is 0 Å². The van der Waals surface area contributed by atoms with Crippen molar-refractivity contribution in [2.24, 2.45) is 0 Å². The number of hydrogen-bond acceptors (Lipinski definition) is 4. The van der Waals surface area contributed by atoms with Gasteiger partial charge in [-0.15, -0.1) is 0 Å². The lowest BCUT2D eigenvalue weighted by atomic mass is 9.88. The maximum atomic E-state index is 11.3. The summed E-state index contributed by atoms with van der Waals surface area (Å²) < 4.78 is 31.4. The van der Waals surface area contributed by atoms with E-state index in [2.05, 4.69) is 10.0 Å². The Hall–Kier alpha value is -0.170. The molecule has 0 aromatic heterocycles. The molecule has 1 saturated carbocycles. The van der Waals surface area contributed by atoms with E-state index in [1.54, 1.807) is 0 Å². The Morgan fingerprint density at radius 1 is 1.30 bits per heavy atom. The van der Waals surface area contributed by atoms with Crippen LogP contribution in [0.25, 0.3) is 0 Å². The highest BCUT2D eigenvalue weighted by atomic mass is 32.2. The van der Waals surface area contributed by atoms with Crippen LogP contribution in [-0.2, 0) is 14.8 Å². The molecule has 0 aromatic rings. The van der Waals surface area contributed by atoms with Crippen LogP contribution in [-0.4, -0.2) is 45.0 Å². The highest BCUT2D eigenvalue weighted by Gasteiger charge is 2.40. The van der Waals surface area contributed by atoms with Crippen LogP contribution in [0.3, 0.4) is 0 Å². The molecule has 0 amide bonds. The standard InChI is InChI=1S/C14H28N2O3S/c1-13(2,16-20(3,17)18)11-15-12-6-9-19-14(10-12)7-4-5-8-14/h12,15-16H,4-11H2,1-3H3. The summed E-state index contributed by atoms with van der Waals surface area (Å²) in [4.78, 5) is 0. The van der Waals surface area contributed by atoms with Gasteiger partial charge in [0.15, 0.2) is 0 Å². The first-order valence-electron chi connectivity index (χ1n) is 7.56. The lowest BCUT2D eigenvalue weighted by Gasteiger charge is -2.40. The molecule has 1 aliphatic carbocycles. The van der Waals surface area contributed by atoms with Crippen LogP contribution in [0, 0.1) is 0 Å². The molecule has 2 aliphatic rings. The molecule has 20 heavy (non-hydrogen) atoms. The lowest BCUT2D eigenvalue weighted by Crippen LogP contribution is -2.54. The van der Waals surface area contributed by atoms with Gasteiger partial charge < -0.3 is 10.1 Å². The Bertz CT molecular complexity index is 428. The normalized spacial score (nSPS) is 27.1. The van der Waals surface area contributed by atoms with Crippen molar-refractivity contribution in [3.05, 3.63) is 0 Å². The Kier molecular flexibility index (Phi) is 4.79. The lowest BCUT2D eigenvalue weighted by molar-refractivity contribution is -0.0839. The first-order chi connectivity index (χ1) is 9.20. The third kappa shape index (κ3) is 4.69. The van der Waals surface area contributed by atoms with E-state index in [4.69, 9.17) is 4.74 Å². The van der Waals surface area contributed by atoms with E-state index in [1.165, 1.54) is 31.9 Å². The minimum absolute atomic E-state index is 0.102. The molecular weight excluding hydrogens is 276 g/mol. The van der Waals surface area contributed by atoms with Gasteiger partial charge in [0.05, 0.1) is 11.9 Å². The summed E-state index contributed by atoms with van der Waals surface area (Å²) in [6.45, 7) is 5.27. The summed E-state index contributed by atoms with van der Waals surface area (Å²) in [5.74, 6) is 0. The molecule has 2 N–H and O–H groups in total. The average molecular weight is 304 g/mol. The predicted octanol–water partition coefficient (Wildman–Crippen LogP) is 1.40. The topological polar surface area (TPSA) is 67.4 Å². The second-order valence-corrected chi connectivity index (χ2v) is 8.82. The van der Waals surface area contributed by atoms with Crippen LogP contribution in [0.4, 0.5) is 0 Å². The number of nitrogens with one attached hydrogen (secondary N) is 2. The third-order valence-electron chi connectivity index (χ3n) is 4.30. The number of hydrogen-bond donors (Lipinski definition) is 2. The van der Waals surface area contributed by atoms with Crippen LogP contribution in [0.2, 0.25) is 0 Å². The number of ether oxygens (including phenoxy) is 1. The molecule has 5 nitrogen and oxygen atoms in total. The van der Waals surface area contributed by atoms with E-state index >= 15 is 0 Å². The fourth-order valence-corrected chi connectivity index (χ4v) is 4.58. The van der Waals surface area contributed by atoms with E-state index in [-0.39, 0.29) is 5.60 Å². The molecule has 1 unspecified atom stereocenters. The molecule has 6 heteroatoms. The molecule has 1 spiro atoms. The van der Waals surface area contributed by atoms with Crippen molar-refractivity contribution >= 4 is 10.0 Å². The Morgan fingerprint density at radius 2 is 1.95 bits per heavy atom. The minimum Gasteiger partial charge on any atom is -0.375 e. The summed E-state index contributed by atoms with van der Waals surface area (Å²) in [6.07, 6.45) is 8.17. The predicted molar refractivity (Wildman–Crippen MR) is 80.2 cm³/mol. The summed E-state index contributed by atoms with van der Waals surface area (Å²) in [7, 11) is -3.17. The SMILES string of the molecule is CC(C)(CNC1CCOC2(CCCC2)C1)NS(C)(=O)=O. The van der Waals surface area contributed by atoms with Gasteiger partial charge in [-0.05, 0) is 39.5 Å². The van der Waals surface area contributed by atoms with Crippen LogP contribution < -0.4 is 10.0 Å². The van der Waals surface area contributed by atoms with Crippen molar-refractivity contribution in [1.29, 1.82) is 0 Å². The van der Waals surface area contributed by atoms with E-state index in [0.29, 0.717) is 12.6 Å². The molecule has 1 atom stereocenters. The second-order valence-electron chi connectivity index (χ2n) is 7.07. The van der Waals surface area contributed by atoms with Crippen molar-refractivity contribution in [2.75, 3.05) is 19.4 Å². The van der Waals surface area contributed by atoms with Crippen molar-refractivity contribution < 1.29 is 13.2 Å². The van der Waals surface area contributed by atoms with Gasteiger partial charge in [-0.3, -0.25) is 0 Å². The molecule has 0 radical (unpaired) electrons. The summed E-state index contributed by atoms with van der Waals surface area (Å²) in [6, 6.07) is 0.433. The molecule has 1 aliphatic heterocycles. The largest absolute Gasteiger partial charge is 0.375 e. The Balaban J connectivity index is 1.84.